The number of halogens is 1. The topological polar surface area (TPSA) is 17.1 Å². The van der Waals surface area contributed by atoms with Gasteiger partial charge in [0.15, 0.2) is 0 Å². The van der Waals surface area contributed by atoms with Crippen LogP contribution >= 0.6 is 11.6 Å². The molecule has 64 valence electrons. The van der Waals surface area contributed by atoms with Crippen LogP contribution < -0.4 is 0 Å². The Hall–Kier alpha value is -0.820. The van der Waals surface area contributed by atoms with Crippen LogP contribution in [0.15, 0.2) is 18.2 Å². The van der Waals surface area contributed by atoms with Gasteiger partial charge in [0.2, 0.25) is 0 Å². The Morgan fingerprint density at radius 3 is 2.50 bits per heavy atom. The van der Waals surface area contributed by atoms with Crippen LogP contribution in [0, 0.1) is 0 Å². The Bertz CT molecular complexity index is 292. The second-order valence-corrected chi connectivity index (χ2v) is 3.42. The minimum Gasteiger partial charge on any atom is -0.298 e. The van der Waals surface area contributed by atoms with Crippen LogP contribution in [-0.2, 0) is 0 Å². The number of rotatable bonds is 2. The number of carbonyl (C=O) groups excluding carboxylic acids is 1. The Morgan fingerprint density at radius 2 is 2.08 bits per heavy atom. The average molecular weight is 183 g/mol. The van der Waals surface area contributed by atoms with Gasteiger partial charge in [0.05, 0.1) is 0 Å². The van der Waals surface area contributed by atoms with Gasteiger partial charge in [-0.05, 0) is 17.5 Å². The number of carbonyl (C=O) groups is 1. The molecule has 0 aliphatic rings. The van der Waals surface area contributed by atoms with Crippen molar-refractivity contribution in [2.75, 3.05) is 0 Å². The van der Waals surface area contributed by atoms with E-state index < -0.39 is 0 Å². The van der Waals surface area contributed by atoms with E-state index in [1.165, 1.54) is 0 Å². The lowest BCUT2D eigenvalue weighted by Gasteiger charge is -2.09. The summed E-state index contributed by atoms with van der Waals surface area (Å²) in [5.74, 6) is 0.291. The third-order valence-corrected chi connectivity index (χ3v) is 2.12. The van der Waals surface area contributed by atoms with Crippen molar-refractivity contribution in [2.45, 2.75) is 19.8 Å². The lowest BCUT2D eigenvalue weighted by atomic mass is 9.98. The highest BCUT2D eigenvalue weighted by molar-refractivity contribution is 6.31. The van der Waals surface area contributed by atoms with E-state index in [1.54, 1.807) is 12.1 Å². The molecule has 0 unspecified atom stereocenters. The molecule has 0 aliphatic heterocycles. The van der Waals surface area contributed by atoms with Gasteiger partial charge in [-0.15, -0.1) is 0 Å². The fraction of sp³-hybridized carbons (Fsp3) is 0.300. The van der Waals surface area contributed by atoms with Crippen molar-refractivity contribution in [3.63, 3.8) is 0 Å². The van der Waals surface area contributed by atoms with Gasteiger partial charge in [0, 0.05) is 10.6 Å². The molecule has 12 heavy (non-hydrogen) atoms. The van der Waals surface area contributed by atoms with E-state index in [2.05, 4.69) is 0 Å². The highest BCUT2D eigenvalue weighted by Crippen LogP contribution is 2.26. The molecule has 0 saturated heterocycles. The predicted molar refractivity (Wildman–Crippen MR) is 50.9 cm³/mol. The van der Waals surface area contributed by atoms with Gasteiger partial charge in [-0.3, -0.25) is 4.79 Å². The molecule has 0 amide bonds. The summed E-state index contributed by atoms with van der Waals surface area (Å²) in [7, 11) is 0. The summed E-state index contributed by atoms with van der Waals surface area (Å²) in [6, 6.07) is 5.38. The number of hydrogen-bond donors (Lipinski definition) is 0. The van der Waals surface area contributed by atoms with E-state index >= 15 is 0 Å². The van der Waals surface area contributed by atoms with Crippen LogP contribution in [-0.4, -0.2) is 6.29 Å². The molecule has 1 aromatic rings. The second-order valence-electron chi connectivity index (χ2n) is 3.02. The first-order chi connectivity index (χ1) is 5.66. The molecule has 0 saturated carbocycles. The summed E-state index contributed by atoms with van der Waals surface area (Å²) in [6.45, 7) is 4.04. The molecule has 0 heterocycles. The molecular weight excluding hydrogens is 172 g/mol. The van der Waals surface area contributed by atoms with Crippen molar-refractivity contribution in [3.8, 4) is 0 Å². The third kappa shape index (κ3) is 1.67. The minimum atomic E-state index is 0.291. The molecule has 0 spiro atoms. The van der Waals surface area contributed by atoms with E-state index in [-0.39, 0.29) is 0 Å². The van der Waals surface area contributed by atoms with Crippen LogP contribution in [0.4, 0.5) is 0 Å². The zero-order chi connectivity index (χ0) is 9.14. The number of hydrogen-bond acceptors (Lipinski definition) is 1. The number of benzene rings is 1. The molecule has 0 aromatic heterocycles. The summed E-state index contributed by atoms with van der Waals surface area (Å²) in [4.78, 5) is 10.6. The lowest BCUT2D eigenvalue weighted by Crippen LogP contribution is -1.95. The van der Waals surface area contributed by atoms with Gasteiger partial charge >= 0.3 is 0 Å². The Balaban J connectivity index is 3.29. The average Bonchev–Trinajstić information content (AvgIpc) is 2.03. The standard InChI is InChI=1S/C10H11ClO/c1-7(2)10-8(6-12)4-3-5-9(10)11/h3-7H,1-2H3. The highest BCUT2D eigenvalue weighted by Gasteiger charge is 2.09. The largest absolute Gasteiger partial charge is 0.298 e. The monoisotopic (exact) mass is 182 g/mol. The molecular formula is C10H11ClO. The van der Waals surface area contributed by atoms with Gasteiger partial charge in [0.1, 0.15) is 6.29 Å². The number of aldehydes is 1. The van der Waals surface area contributed by atoms with Gasteiger partial charge in [-0.1, -0.05) is 37.6 Å². The Morgan fingerprint density at radius 1 is 1.42 bits per heavy atom. The van der Waals surface area contributed by atoms with Gasteiger partial charge in [-0.25, -0.2) is 0 Å². The quantitative estimate of drug-likeness (QED) is 0.642. The van der Waals surface area contributed by atoms with E-state index in [0.717, 1.165) is 11.8 Å². The first-order valence-electron chi connectivity index (χ1n) is 3.90. The van der Waals surface area contributed by atoms with Crippen LogP contribution in [0.1, 0.15) is 35.7 Å². The molecule has 0 aliphatic carbocycles. The zero-order valence-electron chi connectivity index (χ0n) is 7.17. The van der Waals surface area contributed by atoms with Crippen LogP contribution in [0.5, 0.6) is 0 Å². The second kappa shape index (κ2) is 3.72. The Labute approximate surface area is 77.4 Å². The molecule has 0 fully saturated rings. The molecule has 1 aromatic carbocycles. The molecule has 0 radical (unpaired) electrons. The summed E-state index contributed by atoms with van der Waals surface area (Å²) in [5.41, 5.74) is 1.63. The Kier molecular flexibility index (Phi) is 2.88. The smallest absolute Gasteiger partial charge is 0.150 e. The minimum absolute atomic E-state index is 0.291. The van der Waals surface area contributed by atoms with E-state index in [4.69, 9.17) is 11.6 Å². The first-order valence-corrected chi connectivity index (χ1v) is 4.28. The maximum absolute atomic E-state index is 10.6. The SMILES string of the molecule is CC(C)c1c(Cl)cccc1C=O. The molecule has 0 atom stereocenters. The normalized spacial score (nSPS) is 10.3. The summed E-state index contributed by atoms with van der Waals surface area (Å²) in [5, 5.41) is 0.676. The maximum Gasteiger partial charge on any atom is 0.150 e. The maximum atomic E-state index is 10.6. The highest BCUT2D eigenvalue weighted by atomic mass is 35.5. The first kappa shape index (κ1) is 9.27. The van der Waals surface area contributed by atoms with Crippen LogP contribution in [0.2, 0.25) is 5.02 Å². The summed E-state index contributed by atoms with van der Waals surface area (Å²) < 4.78 is 0. The molecule has 0 bridgehead atoms. The van der Waals surface area contributed by atoms with Gasteiger partial charge in [-0.2, -0.15) is 0 Å². The molecule has 1 nitrogen and oxygen atoms in total. The van der Waals surface area contributed by atoms with E-state index in [1.807, 2.05) is 19.9 Å². The molecule has 2 heteroatoms. The van der Waals surface area contributed by atoms with Crippen molar-refractivity contribution in [3.05, 3.63) is 34.3 Å². The predicted octanol–water partition coefficient (Wildman–Crippen LogP) is 3.28. The van der Waals surface area contributed by atoms with E-state index in [0.29, 0.717) is 16.5 Å². The van der Waals surface area contributed by atoms with Crippen molar-refractivity contribution in [1.29, 1.82) is 0 Å². The fourth-order valence-corrected chi connectivity index (χ4v) is 1.67. The van der Waals surface area contributed by atoms with Crippen molar-refractivity contribution in [1.82, 2.24) is 0 Å². The van der Waals surface area contributed by atoms with Crippen molar-refractivity contribution >= 4 is 17.9 Å². The third-order valence-electron chi connectivity index (χ3n) is 1.79. The van der Waals surface area contributed by atoms with Crippen molar-refractivity contribution < 1.29 is 4.79 Å². The van der Waals surface area contributed by atoms with Crippen molar-refractivity contribution in [2.24, 2.45) is 0 Å². The zero-order valence-corrected chi connectivity index (χ0v) is 7.93. The molecule has 0 N–H and O–H groups in total. The fourth-order valence-electron chi connectivity index (χ4n) is 1.27. The lowest BCUT2D eigenvalue weighted by molar-refractivity contribution is 0.112. The molecule has 1 rings (SSSR count). The summed E-state index contributed by atoms with van der Waals surface area (Å²) in [6.07, 6.45) is 0.848. The van der Waals surface area contributed by atoms with Crippen LogP contribution in [0.3, 0.4) is 0 Å². The summed E-state index contributed by atoms with van der Waals surface area (Å²) >= 11 is 5.94. The van der Waals surface area contributed by atoms with Gasteiger partial charge < -0.3 is 0 Å². The van der Waals surface area contributed by atoms with E-state index in [9.17, 15) is 4.79 Å². The van der Waals surface area contributed by atoms with Crippen LogP contribution in [0.25, 0.3) is 0 Å². The van der Waals surface area contributed by atoms with Gasteiger partial charge in [0.25, 0.3) is 0 Å².